The van der Waals surface area contributed by atoms with Crippen molar-refractivity contribution < 1.29 is 13.2 Å². The van der Waals surface area contributed by atoms with Crippen LogP contribution < -0.4 is 10.0 Å². The van der Waals surface area contributed by atoms with Gasteiger partial charge in [0.05, 0.1) is 17.5 Å². The zero-order valence-corrected chi connectivity index (χ0v) is 15.2. The molecule has 0 atom stereocenters. The maximum Gasteiger partial charge on any atom is 0.256 e. The lowest BCUT2D eigenvalue weighted by atomic mass is 9.78. The Morgan fingerprint density at radius 1 is 1.29 bits per heavy atom. The van der Waals surface area contributed by atoms with Crippen molar-refractivity contribution in [2.24, 2.45) is 5.41 Å². The van der Waals surface area contributed by atoms with Gasteiger partial charge < -0.3 is 10.2 Å². The number of benzene rings is 1. The average Bonchev–Trinajstić information content (AvgIpc) is 2.96. The Labute approximate surface area is 147 Å². The summed E-state index contributed by atoms with van der Waals surface area (Å²) in [7, 11) is -3.47. The molecular formula is C16H22ClN3O3S. The average molecular weight is 372 g/mol. The number of carbonyl (C=O) groups excluding carboxylic acids is 1. The quantitative estimate of drug-likeness (QED) is 0.851. The molecule has 0 unspecified atom stereocenters. The van der Waals surface area contributed by atoms with E-state index in [1.165, 1.54) is 12.1 Å². The first kappa shape index (κ1) is 17.5. The SMILES string of the molecule is CS(=O)(=O)Nc1ccc(Cl)cc1C(=O)N1CCC2(CCNC2)CC1. The van der Waals surface area contributed by atoms with Crippen LogP contribution in [0.4, 0.5) is 5.69 Å². The number of halogens is 1. The molecule has 3 rings (SSSR count). The van der Waals surface area contributed by atoms with Gasteiger partial charge in [-0.05, 0) is 49.4 Å². The number of piperidine rings is 1. The van der Waals surface area contributed by atoms with Crippen molar-refractivity contribution in [2.75, 3.05) is 37.2 Å². The molecule has 0 bridgehead atoms. The van der Waals surface area contributed by atoms with E-state index >= 15 is 0 Å². The Bertz CT molecular complexity index is 735. The van der Waals surface area contributed by atoms with Crippen LogP contribution in [0.1, 0.15) is 29.6 Å². The van der Waals surface area contributed by atoms with E-state index in [-0.39, 0.29) is 11.6 Å². The van der Waals surface area contributed by atoms with Crippen LogP contribution in [0.3, 0.4) is 0 Å². The third-order valence-corrected chi connectivity index (χ3v) is 5.78. The number of nitrogens with one attached hydrogen (secondary N) is 2. The van der Waals surface area contributed by atoms with Crippen molar-refractivity contribution in [3.63, 3.8) is 0 Å². The highest BCUT2D eigenvalue weighted by Gasteiger charge is 2.38. The summed E-state index contributed by atoms with van der Waals surface area (Å²) in [6.45, 7) is 3.44. The van der Waals surface area contributed by atoms with E-state index in [0.717, 1.165) is 38.6 Å². The molecule has 2 saturated heterocycles. The van der Waals surface area contributed by atoms with Crippen LogP contribution in [0.2, 0.25) is 5.02 Å². The minimum Gasteiger partial charge on any atom is -0.339 e. The van der Waals surface area contributed by atoms with Crippen LogP contribution >= 0.6 is 11.6 Å². The van der Waals surface area contributed by atoms with E-state index in [1.807, 2.05) is 0 Å². The minimum absolute atomic E-state index is 0.176. The second-order valence-electron chi connectivity index (χ2n) is 6.78. The summed E-state index contributed by atoms with van der Waals surface area (Å²) < 4.78 is 25.5. The van der Waals surface area contributed by atoms with Gasteiger partial charge in [0.1, 0.15) is 0 Å². The molecule has 1 spiro atoms. The number of sulfonamides is 1. The lowest BCUT2D eigenvalue weighted by Gasteiger charge is -2.39. The summed E-state index contributed by atoms with van der Waals surface area (Å²) in [5.41, 5.74) is 0.891. The zero-order chi connectivity index (χ0) is 17.4. The first-order chi connectivity index (χ1) is 11.3. The lowest BCUT2D eigenvalue weighted by molar-refractivity contribution is 0.0609. The topological polar surface area (TPSA) is 78.5 Å². The Hall–Kier alpha value is -1.31. The van der Waals surface area contributed by atoms with Gasteiger partial charge in [-0.1, -0.05) is 11.6 Å². The molecule has 2 N–H and O–H groups in total. The highest BCUT2D eigenvalue weighted by Crippen LogP contribution is 2.37. The Morgan fingerprint density at radius 2 is 2.00 bits per heavy atom. The van der Waals surface area contributed by atoms with Gasteiger partial charge in [-0.2, -0.15) is 0 Å². The van der Waals surface area contributed by atoms with Gasteiger partial charge in [0.2, 0.25) is 10.0 Å². The van der Waals surface area contributed by atoms with Gasteiger partial charge in [0.15, 0.2) is 0 Å². The smallest absolute Gasteiger partial charge is 0.256 e. The fourth-order valence-electron chi connectivity index (χ4n) is 3.56. The first-order valence-corrected chi connectivity index (χ1v) is 10.3. The predicted octanol–water partition coefficient (Wildman–Crippen LogP) is 1.93. The van der Waals surface area contributed by atoms with E-state index < -0.39 is 10.0 Å². The molecule has 2 fully saturated rings. The highest BCUT2D eigenvalue weighted by atomic mass is 35.5. The first-order valence-electron chi connectivity index (χ1n) is 8.05. The molecule has 2 aliphatic heterocycles. The molecular weight excluding hydrogens is 350 g/mol. The second-order valence-corrected chi connectivity index (χ2v) is 8.97. The Morgan fingerprint density at radius 3 is 2.58 bits per heavy atom. The third-order valence-electron chi connectivity index (χ3n) is 4.95. The van der Waals surface area contributed by atoms with Crippen molar-refractivity contribution in [2.45, 2.75) is 19.3 Å². The standard InChI is InChI=1S/C16H22ClN3O3S/c1-24(22,23)19-14-3-2-12(17)10-13(14)15(21)20-8-5-16(6-9-20)4-7-18-11-16/h2-3,10,18-19H,4-9,11H2,1H3. The highest BCUT2D eigenvalue weighted by molar-refractivity contribution is 7.92. The predicted molar refractivity (Wildman–Crippen MR) is 95.0 cm³/mol. The van der Waals surface area contributed by atoms with Crippen LogP contribution in [-0.4, -0.2) is 51.7 Å². The molecule has 6 nitrogen and oxygen atoms in total. The Balaban J connectivity index is 1.78. The van der Waals surface area contributed by atoms with Gasteiger partial charge in [-0.15, -0.1) is 0 Å². The largest absolute Gasteiger partial charge is 0.339 e. The fourth-order valence-corrected chi connectivity index (χ4v) is 4.31. The summed E-state index contributed by atoms with van der Waals surface area (Å²) in [5.74, 6) is -0.176. The van der Waals surface area contributed by atoms with Crippen molar-refractivity contribution in [1.82, 2.24) is 10.2 Å². The van der Waals surface area contributed by atoms with Crippen LogP contribution in [-0.2, 0) is 10.0 Å². The van der Waals surface area contributed by atoms with Crippen LogP contribution in [0.25, 0.3) is 0 Å². The Kier molecular flexibility index (Phi) is 4.77. The molecule has 0 saturated carbocycles. The maximum atomic E-state index is 12.9. The van der Waals surface area contributed by atoms with Gasteiger partial charge in [-0.25, -0.2) is 8.42 Å². The summed E-state index contributed by atoms with van der Waals surface area (Å²) in [4.78, 5) is 14.7. The maximum absolute atomic E-state index is 12.9. The fraction of sp³-hybridized carbons (Fsp3) is 0.562. The molecule has 1 aromatic rings. The monoisotopic (exact) mass is 371 g/mol. The number of hydrogen-bond acceptors (Lipinski definition) is 4. The number of nitrogens with zero attached hydrogens (tertiary/aromatic N) is 1. The molecule has 2 aliphatic rings. The van der Waals surface area contributed by atoms with E-state index in [1.54, 1.807) is 11.0 Å². The summed E-state index contributed by atoms with van der Waals surface area (Å²) in [5, 5.41) is 3.81. The molecule has 0 radical (unpaired) electrons. The normalized spacial score (nSPS) is 20.3. The number of hydrogen-bond donors (Lipinski definition) is 2. The number of carbonyl (C=O) groups is 1. The second kappa shape index (κ2) is 6.54. The molecule has 2 heterocycles. The number of likely N-dealkylation sites (tertiary alicyclic amines) is 1. The molecule has 24 heavy (non-hydrogen) atoms. The van der Waals surface area contributed by atoms with Crippen LogP contribution in [0.15, 0.2) is 18.2 Å². The van der Waals surface area contributed by atoms with Crippen molar-refractivity contribution in [3.8, 4) is 0 Å². The zero-order valence-electron chi connectivity index (χ0n) is 13.6. The van der Waals surface area contributed by atoms with Gasteiger partial charge in [-0.3, -0.25) is 9.52 Å². The summed E-state index contributed by atoms with van der Waals surface area (Å²) >= 11 is 6.01. The molecule has 1 amide bonds. The van der Waals surface area contributed by atoms with Crippen LogP contribution in [0, 0.1) is 5.41 Å². The van der Waals surface area contributed by atoms with E-state index in [4.69, 9.17) is 11.6 Å². The summed E-state index contributed by atoms with van der Waals surface area (Å²) in [6, 6.07) is 4.63. The number of anilines is 1. The molecule has 0 aromatic heterocycles. The van der Waals surface area contributed by atoms with E-state index in [0.29, 0.717) is 29.1 Å². The van der Waals surface area contributed by atoms with Crippen molar-refractivity contribution in [1.29, 1.82) is 0 Å². The van der Waals surface area contributed by atoms with Gasteiger partial charge in [0.25, 0.3) is 5.91 Å². The van der Waals surface area contributed by atoms with E-state index in [2.05, 4.69) is 10.0 Å². The molecule has 1 aromatic carbocycles. The number of amides is 1. The van der Waals surface area contributed by atoms with Crippen LogP contribution in [0.5, 0.6) is 0 Å². The van der Waals surface area contributed by atoms with Crippen molar-refractivity contribution >= 4 is 33.2 Å². The number of rotatable bonds is 3. The minimum atomic E-state index is -3.47. The van der Waals surface area contributed by atoms with E-state index in [9.17, 15) is 13.2 Å². The lowest BCUT2D eigenvalue weighted by Crippen LogP contribution is -2.44. The van der Waals surface area contributed by atoms with Gasteiger partial charge in [0, 0.05) is 24.7 Å². The third kappa shape index (κ3) is 3.84. The van der Waals surface area contributed by atoms with Crippen molar-refractivity contribution in [3.05, 3.63) is 28.8 Å². The molecule has 8 heteroatoms. The van der Waals surface area contributed by atoms with Gasteiger partial charge >= 0.3 is 0 Å². The molecule has 132 valence electrons. The molecule has 0 aliphatic carbocycles. The summed E-state index contributed by atoms with van der Waals surface area (Å²) in [6.07, 6.45) is 4.17.